The number of carbonyl (C=O) groups excluding carboxylic acids is 1. The molecule has 0 amide bonds. The van der Waals surface area contributed by atoms with E-state index in [1.807, 2.05) is 25.2 Å². The number of rotatable bonds is 3. The lowest BCUT2D eigenvalue weighted by atomic mass is 10.2. The van der Waals surface area contributed by atoms with Gasteiger partial charge in [0.2, 0.25) is 0 Å². The van der Waals surface area contributed by atoms with Crippen molar-refractivity contribution >= 4 is 11.7 Å². The highest BCUT2D eigenvalue weighted by Gasteiger charge is 2.10. The van der Waals surface area contributed by atoms with Crippen LogP contribution in [-0.2, 0) is 9.53 Å². The molecule has 15 heavy (non-hydrogen) atoms. The number of benzene rings is 1. The molecule has 0 aliphatic heterocycles. The molecule has 0 bridgehead atoms. The van der Waals surface area contributed by atoms with Crippen molar-refractivity contribution in [3.8, 4) is 6.19 Å². The van der Waals surface area contributed by atoms with Crippen LogP contribution in [0.15, 0.2) is 24.3 Å². The molecular weight excluding hydrogens is 192 g/mol. The summed E-state index contributed by atoms with van der Waals surface area (Å²) in [4.78, 5) is 12.3. The molecule has 0 saturated carbocycles. The Balaban J connectivity index is 2.80. The molecule has 0 saturated heterocycles. The highest BCUT2D eigenvalue weighted by Crippen LogP contribution is 2.13. The van der Waals surface area contributed by atoms with Crippen LogP contribution in [0.25, 0.3) is 0 Å². The summed E-state index contributed by atoms with van der Waals surface area (Å²) in [5, 5.41) is 8.86. The first-order valence-corrected chi connectivity index (χ1v) is 4.48. The van der Waals surface area contributed by atoms with E-state index in [9.17, 15) is 4.79 Å². The average molecular weight is 204 g/mol. The van der Waals surface area contributed by atoms with Gasteiger partial charge in [0.1, 0.15) is 6.54 Å². The van der Waals surface area contributed by atoms with E-state index < -0.39 is 5.97 Å². The van der Waals surface area contributed by atoms with Crippen molar-refractivity contribution in [2.24, 2.45) is 0 Å². The second kappa shape index (κ2) is 5.01. The molecule has 0 atom stereocenters. The minimum absolute atomic E-state index is 0.0595. The van der Waals surface area contributed by atoms with Gasteiger partial charge in [0.15, 0.2) is 6.19 Å². The standard InChI is InChI=1S/C11H12N2O2/c1-9-3-5-10(6-4-9)13(8-12)7-11(14)15-2/h3-6H,7H2,1-2H3. The molecule has 0 spiro atoms. The molecule has 0 radical (unpaired) electrons. The Morgan fingerprint density at radius 1 is 1.47 bits per heavy atom. The second-order valence-electron chi connectivity index (χ2n) is 3.10. The zero-order valence-electron chi connectivity index (χ0n) is 8.73. The van der Waals surface area contributed by atoms with Crippen molar-refractivity contribution in [3.05, 3.63) is 29.8 Å². The lowest BCUT2D eigenvalue weighted by Gasteiger charge is -2.13. The summed E-state index contributed by atoms with van der Waals surface area (Å²) < 4.78 is 4.50. The summed E-state index contributed by atoms with van der Waals surface area (Å²) >= 11 is 0. The van der Waals surface area contributed by atoms with Gasteiger partial charge in [-0.1, -0.05) is 17.7 Å². The number of anilines is 1. The van der Waals surface area contributed by atoms with Crippen molar-refractivity contribution < 1.29 is 9.53 Å². The first kappa shape index (κ1) is 11.1. The van der Waals surface area contributed by atoms with Crippen LogP contribution in [0, 0.1) is 18.4 Å². The molecule has 1 rings (SSSR count). The average Bonchev–Trinajstić information content (AvgIpc) is 2.27. The van der Waals surface area contributed by atoms with Gasteiger partial charge in [-0.3, -0.25) is 9.69 Å². The maximum atomic E-state index is 11.0. The van der Waals surface area contributed by atoms with Gasteiger partial charge in [-0.05, 0) is 19.1 Å². The molecule has 0 aliphatic rings. The zero-order chi connectivity index (χ0) is 11.3. The maximum absolute atomic E-state index is 11.0. The fourth-order valence-corrected chi connectivity index (χ4v) is 1.10. The van der Waals surface area contributed by atoms with Gasteiger partial charge in [0, 0.05) is 0 Å². The molecular formula is C11H12N2O2. The Morgan fingerprint density at radius 3 is 2.53 bits per heavy atom. The second-order valence-corrected chi connectivity index (χ2v) is 3.10. The normalized spacial score (nSPS) is 9.13. The van der Waals surface area contributed by atoms with E-state index in [2.05, 4.69) is 4.74 Å². The van der Waals surface area contributed by atoms with Crippen molar-refractivity contribution in [3.63, 3.8) is 0 Å². The van der Waals surface area contributed by atoms with Crippen molar-refractivity contribution in [1.29, 1.82) is 5.26 Å². The number of hydrogen-bond donors (Lipinski definition) is 0. The summed E-state index contributed by atoms with van der Waals surface area (Å²) in [5.41, 5.74) is 1.79. The first-order valence-electron chi connectivity index (χ1n) is 4.48. The van der Waals surface area contributed by atoms with E-state index in [1.165, 1.54) is 12.0 Å². The number of hydrogen-bond acceptors (Lipinski definition) is 4. The molecule has 0 N–H and O–H groups in total. The van der Waals surface area contributed by atoms with Gasteiger partial charge in [0.05, 0.1) is 12.8 Å². The molecule has 0 unspecified atom stereocenters. The lowest BCUT2D eigenvalue weighted by Crippen LogP contribution is -2.25. The Labute approximate surface area is 88.7 Å². The quantitative estimate of drug-likeness (QED) is 0.425. The predicted molar refractivity (Wildman–Crippen MR) is 56.2 cm³/mol. The fourth-order valence-electron chi connectivity index (χ4n) is 1.10. The third-order valence-corrected chi connectivity index (χ3v) is 1.98. The molecule has 78 valence electrons. The van der Waals surface area contributed by atoms with E-state index >= 15 is 0 Å². The number of carbonyl (C=O) groups is 1. The number of methoxy groups -OCH3 is 1. The largest absolute Gasteiger partial charge is 0.468 e. The Bertz CT molecular complexity index is 379. The van der Waals surface area contributed by atoms with Crippen LogP contribution in [0.3, 0.4) is 0 Å². The van der Waals surface area contributed by atoms with Crippen LogP contribution in [0.4, 0.5) is 5.69 Å². The Morgan fingerprint density at radius 2 is 2.07 bits per heavy atom. The molecule has 1 aromatic carbocycles. The topological polar surface area (TPSA) is 53.3 Å². The highest BCUT2D eigenvalue weighted by molar-refractivity contribution is 5.76. The van der Waals surface area contributed by atoms with E-state index in [1.54, 1.807) is 12.1 Å². The zero-order valence-corrected chi connectivity index (χ0v) is 8.73. The van der Waals surface area contributed by atoms with Gasteiger partial charge >= 0.3 is 5.97 Å². The van der Waals surface area contributed by atoms with Crippen LogP contribution in [-0.4, -0.2) is 19.6 Å². The molecule has 0 fully saturated rings. The number of nitriles is 1. The molecule has 1 aromatic rings. The van der Waals surface area contributed by atoms with Crippen LogP contribution in [0.2, 0.25) is 0 Å². The van der Waals surface area contributed by atoms with Crippen LogP contribution in [0.1, 0.15) is 5.56 Å². The van der Waals surface area contributed by atoms with Crippen molar-refractivity contribution in [2.45, 2.75) is 6.92 Å². The fraction of sp³-hybridized carbons (Fsp3) is 0.273. The molecule has 0 aromatic heterocycles. The maximum Gasteiger partial charge on any atom is 0.326 e. The van der Waals surface area contributed by atoms with Gasteiger partial charge in [0.25, 0.3) is 0 Å². The van der Waals surface area contributed by atoms with Crippen LogP contribution >= 0.6 is 0 Å². The molecule has 4 heteroatoms. The third kappa shape index (κ3) is 2.99. The summed E-state index contributed by atoms with van der Waals surface area (Å²) in [5.74, 6) is -0.433. The van der Waals surface area contributed by atoms with Crippen molar-refractivity contribution in [2.75, 3.05) is 18.6 Å². The van der Waals surface area contributed by atoms with Gasteiger partial charge in [-0.25, -0.2) is 0 Å². The first-order chi connectivity index (χ1) is 7.17. The highest BCUT2D eigenvalue weighted by atomic mass is 16.5. The van der Waals surface area contributed by atoms with Crippen molar-refractivity contribution in [1.82, 2.24) is 0 Å². The van der Waals surface area contributed by atoms with Gasteiger partial charge < -0.3 is 4.74 Å². The molecule has 0 aliphatic carbocycles. The number of ether oxygens (including phenoxy) is 1. The number of aryl methyl sites for hydroxylation is 1. The van der Waals surface area contributed by atoms with E-state index in [4.69, 9.17) is 5.26 Å². The summed E-state index contributed by atoms with van der Waals surface area (Å²) in [6.45, 7) is 1.90. The predicted octanol–water partition coefficient (Wildman–Crippen LogP) is 1.46. The smallest absolute Gasteiger partial charge is 0.326 e. The van der Waals surface area contributed by atoms with Gasteiger partial charge in [-0.2, -0.15) is 5.26 Å². The minimum atomic E-state index is -0.433. The summed E-state index contributed by atoms with van der Waals surface area (Å²) in [6.07, 6.45) is 1.94. The van der Waals surface area contributed by atoms with E-state index in [-0.39, 0.29) is 6.54 Å². The molecule has 0 heterocycles. The third-order valence-electron chi connectivity index (χ3n) is 1.98. The number of esters is 1. The number of nitrogens with zero attached hydrogens (tertiary/aromatic N) is 2. The molecule has 4 nitrogen and oxygen atoms in total. The summed E-state index contributed by atoms with van der Waals surface area (Å²) in [6, 6.07) is 7.36. The van der Waals surface area contributed by atoms with E-state index in [0.29, 0.717) is 5.69 Å². The van der Waals surface area contributed by atoms with Gasteiger partial charge in [-0.15, -0.1) is 0 Å². The lowest BCUT2D eigenvalue weighted by molar-refractivity contribution is -0.138. The van der Waals surface area contributed by atoms with Crippen LogP contribution < -0.4 is 4.90 Å². The Hall–Kier alpha value is -2.02. The Kier molecular flexibility index (Phi) is 3.69. The monoisotopic (exact) mass is 204 g/mol. The minimum Gasteiger partial charge on any atom is -0.468 e. The SMILES string of the molecule is COC(=O)CN(C#N)c1ccc(C)cc1. The summed E-state index contributed by atoms with van der Waals surface area (Å²) in [7, 11) is 1.30. The van der Waals surface area contributed by atoms with Crippen LogP contribution in [0.5, 0.6) is 0 Å². The van der Waals surface area contributed by atoms with E-state index in [0.717, 1.165) is 5.56 Å².